The van der Waals surface area contributed by atoms with Crippen molar-refractivity contribution in [3.05, 3.63) is 82.6 Å². The van der Waals surface area contributed by atoms with Crippen LogP contribution in [-0.4, -0.2) is 21.8 Å². The van der Waals surface area contributed by atoms with E-state index in [0.717, 1.165) is 16.8 Å². The summed E-state index contributed by atoms with van der Waals surface area (Å²) in [4.78, 5) is 12.9. The zero-order chi connectivity index (χ0) is 18.1. The Hall–Kier alpha value is -2.79. The zero-order valence-corrected chi connectivity index (χ0v) is 15.0. The van der Waals surface area contributed by atoms with Gasteiger partial charge < -0.3 is 10.1 Å². The van der Waals surface area contributed by atoms with Crippen molar-refractivity contribution in [2.45, 2.75) is 18.6 Å². The molecule has 0 bridgehead atoms. The number of rotatable bonds is 4. The van der Waals surface area contributed by atoms with Gasteiger partial charge in [-0.05, 0) is 35.4 Å². The summed E-state index contributed by atoms with van der Waals surface area (Å²) in [5.74, 6) is 0.554. The highest BCUT2D eigenvalue weighted by atomic mass is 35.5. The maximum absolute atomic E-state index is 12.9. The van der Waals surface area contributed by atoms with Crippen molar-refractivity contribution in [1.82, 2.24) is 15.1 Å². The molecule has 1 amide bonds. The molecule has 132 valence electrons. The molecule has 3 aromatic rings. The average Bonchev–Trinajstić information content (AvgIpc) is 3.26. The van der Waals surface area contributed by atoms with Crippen molar-refractivity contribution in [3.63, 3.8) is 0 Å². The molecule has 1 aliphatic rings. The molecule has 1 aliphatic heterocycles. The second-order valence-electron chi connectivity index (χ2n) is 6.29. The van der Waals surface area contributed by atoms with E-state index < -0.39 is 6.10 Å². The highest BCUT2D eigenvalue weighted by Crippen LogP contribution is 2.31. The molecule has 0 fully saturated rings. The highest BCUT2D eigenvalue weighted by molar-refractivity contribution is 6.30. The Balaban J connectivity index is 1.57. The molecule has 2 atom stereocenters. The molecule has 0 radical (unpaired) electrons. The van der Waals surface area contributed by atoms with Gasteiger partial charge in [0.25, 0.3) is 5.91 Å². The van der Waals surface area contributed by atoms with Crippen LogP contribution >= 0.6 is 11.6 Å². The van der Waals surface area contributed by atoms with E-state index in [0.29, 0.717) is 17.2 Å². The summed E-state index contributed by atoms with van der Waals surface area (Å²) < 4.78 is 7.58. The minimum absolute atomic E-state index is 0.160. The smallest absolute Gasteiger partial charge is 0.262 e. The third-order valence-electron chi connectivity index (χ3n) is 4.56. The van der Waals surface area contributed by atoms with Crippen LogP contribution in [0.5, 0.6) is 5.75 Å². The normalized spacial score (nSPS) is 16.6. The summed E-state index contributed by atoms with van der Waals surface area (Å²) in [5.41, 5.74) is 2.85. The van der Waals surface area contributed by atoms with Gasteiger partial charge in [0.1, 0.15) is 5.75 Å². The number of hydrogen-bond acceptors (Lipinski definition) is 3. The molecule has 4 rings (SSSR count). The predicted octanol–water partition coefficient (Wildman–Crippen LogP) is 3.28. The van der Waals surface area contributed by atoms with Gasteiger partial charge in [-0.25, -0.2) is 0 Å². The Labute approximate surface area is 156 Å². The van der Waals surface area contributed by atoms with Crippen LogP contribution in [0.4, 0.5) is 0 Å². The van der Waals surface area contributed by atoms with Crippen molar-refractivity contribution in [2.75, 3.05) is 0 Å². The molecular formula is C20H18ClN3O2. The first-order valence-electron chi connectivity index (χ1n) is 8.40. The number of benzene rings is 2. The molecule has 26 heavy (non-hydrogen) atoms. The fraction of sp³-hybridized carbons (Fsp3) is 0.200. The lowest BCUT2D eigenvalue weighted by Gasteiger charge is -2.21. The lowest BCUT2D eigenvalue weighted by atomic mass is 10.0. The number of carbonyl (C=O) groups excluding carboxylic acids is 1. The maximum atomic E-state index is 12.9. The lowest BCUT2D eigenvalue weighted by molar-refractivity contribution is -0.127. The van der Waals surface area contributed by atoms with Gasteiger partial charge in [0.05, 0.1) is 11.7 Å². The van der Waals surface area contributed by atoms with E-state index in [1.807, 2.05) is 49.5 Å². The summed E-state index contributed by atoms with van der Waals surface area (Å²) in [5, 5.41) is 7.98. The Kier molecular flexibility index (Phi) is 4.39. The maximum Gasteiger partial charge on any atom is 0.262 e. The largest absolute Gasteiger partial charge is 0.480 e. The van der Waals surface area contributed by atoms with Gasteiger partial charge in [-0.15, -0.1) is 0 Å². The van der Waals surface area contributed by atoms with E-state index in [-0.39, 0.29) is 11.9 Å². The van der Waals surface area contributed by atoms with Crippen molar-refractivity contribution in [3.8, 4) is 5.75 Å². The fourth-order valence-electron chi connectivity index (χ4n) is 3.24. The first-order valence-corrected chi connectivity index (χ1v) is 8.78. The number of halogens is 1. The van der Waals surface area contributed by atoms with Crippen molar-refractivity contribution in [2.24, 2.45) is 7.05 Å². The second-order valence-corrected chi connectivity index (χ2v) is 6.73. The number of nitrogens with one attached hydrogen (secondary N) is 1. The molecule has 1 aromatic heterocycles. The van der Waals surface area contributed by atoms with Gasteiger partial charge in [0, 0.05) is 24.7 Å². The van der Waals surface area contributed by atoms with Gasteiger partial charge >= 0.3 is 0 Å². The predicted molar refractivity (Wildman–Crippen MR) is 99.2 cm³/mol. The summed E-state index contributed by atoms with van der Waals surface area (Å²) in [6.45, 7) is 0. The molecule has 0 aliphatic carbocycles. The van der Waals surface area contributed by atoms with Crippen LogP contribution in [-0.2, 0) is 18.3 Å². The first-order chi connectivity index (χ1) is 12.6. The van der Waals surface area contributed by atoms with Crippen LogP contribution in [0.15, 0.2) is 60.8 Å². The van der Waals surface area contributed by atoms with E-state index in [4.69, 9.17) is 16.3 Å². The van der Waals surface area contributed by atoms with Crippen LogP contribution < -0.4 is 10.1 Å². The van der Waals surface area contributed by atoms with Crippen molar-refractivity contribution < 1.29 is 9.53 Å². The second kappa shape index (κ2) is 6.84. The van der Waals surface area contributed by atoms with Crippen LogP contribution in [0.1, 0.15) is 22.9 Å². The Morgan fingerprint density at radius 2 is 2.08 bits per heavy atom. The number of nitrogens with zero attached hydrogens (tertiary/aromatic N) is 2. The number of amides is 1. The number of carbonyl (C=O) groups is 1. The third kappa shape index (κ3) is 3.18. The SMILES string of the molecule is Cn1nccc1[C@@H](NC(=O)[C@@H]1Cc2cc(Cl)ccc2O1)c1ccccc1. The molecular weight excluding hydrogens is 350 g/mol. The topological polar surface area (TPSA) is 56.2 Å². The molecule has 0 spiro atoms. The van der Waals surface area contributed by atoms with Crippen molar-refractivity contribution in [1.29, 1.82) is 0 Å². The van der Waals surface area contributed by atoms with Gasteiger partial charge in [0.2, 0.25) is 0 Å². The number of ether oxygens (including phenoxy) is 1. The minimum Gasteiger partial charge on any atom is -0.480 e. The summed E-state index contributed by atoms with van der Waals surface area (Å²) >= 11 is 6.03. The lowest BCUT2D eigenvalue weighted by Crippen LogP contribution is -2.40. The van der Waals surface area contributed by atoms with Crippen LogP contribution in [0.3, 0.4) is 0 Å². The molecule has 2 aromatic carbocycles. The van der Waals surface area contributed by atoms with E-state index >= 15 is 0 Å². The van der Waals surface area contributed by atoms with Crippen LogP contribution in [0.2, 0.25) is 5.02 Å². The van der Waals surface area contributed by atoms with Gasteiger partial charge in [-0.1, -0.05) is 41.9 Å². The fourth-order valence-corrected chi connectivity index (χ4v) is 3.43. The molecule has 0 unspecified atom stereocenters. The summed E-state index contributed by atoms with van der Waals surface area (Å²) in [6, 6.07) is 16.9. The average molecular weight is 368 g/mol. The van der Waals surface area contributed by atoms with E-state index in [9.17, 15) is 4.79 Å². The van der Waals surface area contributed by atoms with Crippen LogP contribution in [0.25, 0.3) is 0 Å². The van der Waals surface area contributed by atoms with Gasteiger partial charge in [-0.2, -0.15) is 5.10 Å². The van der Waals surface area contributed by atoms with Crippen LogP contribution in [0, 0.1) is 0 Å². The Bertz CT molecular complexity index is 939. The quantitative estimate of drug-likeness (QED) is 0.769. The Morgan fingerprint density at radius 3 is 2.81 bits per heavy atom. The Morgan fingerprint density at radius 1 is 1.27 bits per heavy atom. The van der Waals surface area contributed by atoms with E-state index in [2.05, 4.69) is 10.4 Å². The number of hydrogen-bond donors (Lipinski definition) is 1. The van der Waals surface area contributed by atoms with Gasteiger partial charge in [-0.3, -0.25) is 9.48 Å². The molecule has 0 saturated heterocycles. The first kappa shape index (κ1) is 16.7. The molecule has 5 nitrogen and oxygen atoms in total. The number of aryl methyl sites for hydroxylation is 1. The molecule has 6 heteroatoms. The third-order valence-corrected chi connectivity index (χ3v) is 4.80. The zero-order valence-electron chi connectivity index (χ0n) is 14.2. The summed E-state index contributed by atoms with van der Waals surface area (Å²) in [7, 11) is 1.86. The standard InChI is InChI=1S/C20H18ClN3O2/c1-24-16(9-10-22-24)19(13-5-3-2-4-6-13)23-20(25)18-12-14-11-15(21)7-8-17(14)26-18/h2-11,18-19H,12H2,1H3,(H,23,25)/t18-,19-/m0/s1. The molecule has 1 N–H and O–H groups in total. The van der Waals surface area contributed by atoms with Crippen molar-refractivity contribution >= 4 is 17.5 Å². The minimum atomic E-state index is -0.567. The van der Waals surface area contributed by atoms with E-state index in [1.54, 1.807) is 23.0 Å². The monoisotopic (exact) mass is 367 g/mol. The summed E-state index contributed by atoms with van der Waals surface area (Å²) in [6.07, 6.45) is 1.67. The number of fused-ring (bicyclic) bond motifs is 1. The highest BCUT2D eigenvalue weighted by Gasteiger charge is 2.31. The molecule has 2 heterocycles. The number of aromatic nitrogens is 2. The van der Waals surface area contributed by atoms with E-state index in [1.165, 1.54) is 0 Å². The van der Waals surface area contributed by atoms with Gasteiger partial charge in [0.15, 0.2) is 6.10 Å². The molecule has 0 saturated carbocycles.